The minimum Gasteiger partial charge on any atom is -0.325 e. The summed E-state index contributed by atoms with van der Waals surface area (Å²) in [7, 11) is 0. The number of carbonyl (C=O) groups is 2. The van der Waals surface area contributed by atoms with Crippen molar-refractivity contribution >= 4 is 45.7 Å². The first-order valence-corrected chi connectivity index (χ1v) is 10.6. The van der Waals surface area contributed by atoms with E-state index in [1.54, 1.807) is 0 Å². The second-order valence-electron chi connectivity index (χ2n) is 6.11. The molecule has 3 aromatic rings. The van der Waals surface area contributed by atoms with Crippen LogP contribution in [0.5, 0.6) is 0 Å². The van der Waals surface area contributed by atoms with E-state index in [-0.39, 0.29) is 17.6 Å². The first-order valence-electron chi connectivity index (χ1n) is 8.75. The molecule has 0 unspecified atom stereocenters. The molecule has 0 saturated heterocycles. The van der Waals surface area contributed by atoms with Gasteiger partial charge < -0.3 is 10.6 Å². The first kappa shape index (κ1) is 20.0. The summed E-state index contributed by atoms with van der Waals surface area (Å²) in [5.41, 5.74) is 2.97. The molecule has 1 aromatic heterocycles. The Balaban J connectivity index is 1.42. The molecule has 0 aliphatic carbocycles. The second-order valence-corrected chi connectivity index (χ2v) is 8.31. The van der Waals surface area contributed by atoms with Gasteiger partial charge in [0, 0.05) is 12.1 Å². The summed E-state index contributed by atoms with van der Waals surface area (Å²) >= 11 is 2.55. The number of hydrogen-bond acceptors (Lipinski definition) is 6. The Morgan fingerprint density at radius 1 is 1.00 bits per heavy atom. The van der Waals surface area contributed by atoms with Crippen LogP contribution >= 0.6 is 23.1 Å². The third-order valence-corrected chi connectivity index (χ3v) is 5.74. The van der Waals surface area contributed by atoms with Gasteiger partial charge >= 0.3 is 0 Å². The van der Waals surface area contributed by atoms with Gasteiger partial charge in [-0.1, -0.05) is 65.6 Å². The summed E-state index contributed by atoms with van der Waals surface area (Å²) in [5, 5.41) is 14.0. The molecular weight excluding hydrogens is 392 g/mol. The number of nitrogens with zero attached hydrogens (tertiary/aromatic N) is 2. The predicted octanol–water partition coefficient (Wildman–Crippen LogP) is 4.15. The number of hydrogen-bond donors (Lipinski definition) is 2. The molecule has 2 amide bonds. The van der Waals surface area contributed by atoms with E-state index in [0.717, 1.165) is 16.8 Å². The van der Waals surface area contributed by atoms with E-state index in [9.17, 15) is 9.59 Å². The van der Waals surface area contributed by atoms with Crippen molar-refractivity contribution in [2.24, 2.45) is 0 Å². The summed E-state index contributed by atoms with van der Waals surface area (Å²) in [6.45, 7) is 1.97. The highest BCUT2D eigenvalue weighted by atomic mass is 32.2. The lowest BCUT2D eigenvalue weighted by Gasteiger charge is -2.04. The zero-order chi connectivity index (χ0) is 19.8. The van der Waals surface area contributed by atoms with E-state index < -0.39 is 0 Å². The van der Waals surface area contributed by atoms with Crippen LogP contribution in [0.15, 0.2) is 58.9 Å². The molecule has 0 atom stereocenters. The normalized spacial score (nSPS) is 10.5. The average molecular weight is 413 g/mol. The van der Waals surface area contributed by atoms with Crippen molar-refractivity contribution in [1.82, 2.24) is 10.2 Å². The van der Waals surface area contributed by atoms with Crippen molar-refractivity contribution in [3.8, 4) is 0 Å². The monoisotopic (exact) mass is 412 g/mol. The lowest BCUT2D eigenvalue weighted by molar-refractivity contribution is -0.116. The summed E-state index contributed by atoms with van der Waals surface area (Å²) in [4.78, 5) is 24.1. The van der Waals surface area contributed by atoms with Crippen LogP contribution in [0.1, 0.15) is 17.5 Å². The number of anilines is 2. The van der Waals surface area contributed by atoms with Crippen LogP contribution in [0, 0.1) is 6.92 Å². The van der Waals surface area contributed by atoms with Gasteiger partial charge in [-0.05, 0) is 36.6 Å². The Kier molecular flexibility index (Phi) is 7.16. The van der Waals surface area contributed by atoms with Gasteiger partial charge in [0.1, 0.15) is 0 Å². The van der Waals surface area contributed by atoms with Crippen molar-refractivity contribution in [1.29, 1.82) is 0 Å². The number of amides is 2. The molecule has 0 aliphatic heterocycles. The Labute approximate surface area is 171 Å². The maximum atomic E-state index is 12.1. The van der Waals surface area contributed by atoms with Crippen LogP contribution in [0.2, 0.25) is 0 Å². The van der Waals surface area contributed by atoms with Crippen molar-refractivity contribution in [3.05, 3.63) is 65.7 Å². The highest BCUT2D eigenvalue weighted by Gasteiger charge is 2.11. The minimum absolute atomic E-state index is 0.103. The van der Waals surface area contributed by atoms with E-state index in [1.807, 2.05) is 61.5 Å². The van der Waals surface area contributed by atoms with Crippen LogP contribution < -0.4 is 10.6 Å². The van der Waals surface area contributed by atoms with E-state index >= 15 is 0 Å². The molecule has 1 heterocycles. The Morgan fingerprint density at radius 3 is 2.61 bits per heavy atom. The lowest BCUT2D eigenvalue weighted by atomic mass is 10.1. The van der Waals surface area contributed by atoms with Gasteiger partial charge in [0.15, 0.2) is 4.34 Å². The molecule has 0 bridgehead atoms. The molecule has 8 heteroatoms. The second kappa shape index (κ2) is 10.0. The predicted molar refractivity (Wildman–Crippen MR) is 114 cm³/mol. The topological polar surface area (TPSA) is 84.0 Å². The molecule has 0 fully saturated rings. The molecular formula is C20H20N4O2S2. The smallest absolute Gasteiger partial charge is 0.234 e. The van der Waals surface area contributed by atoms with E-state index in [1.165, 1.54) is 23.1 Å². The Bertz CT molecular complexity index is 944. The average Bonchev–Trinajstić information content (AvgIpc) is 3.13. The molecule has 3 rings (SSSR count). The fourth-order valence-electron chi connectivity index (χ4n) is 2.45. The van der Waals surface area contributed by atoms with Crippen LogP contribution in [0.25, 0.3) is 0 Å². The molecule has 6 nitrogen and oxygen atoms in total. The number of nitrogens with one attached hydrogen (secondary N) is 2. The fourth-order valence-corrected chi connectivity index (χ4v) is 4.02. The van der Waals surface area contributed by atoms with Crippen LogP contribution in [-0.4, -0.2) is 27.8 Å². The number of aromatic nitrogens is 2. The van der Waals surface area contributed by atoms with Crippen molar-refractivity contribution in [3.63, 3.8) is 0 Å². The SMILES string of the molecule is Cc1cccc(NC(=O)CSc2nnc(NC(=O)CCc3ccccc3)s2)c1. The van der Waals surface area contributed by atoms with E-state index in [0.29, 0.717) is 22.3 Å². The summed E-state index contributed by atoms with van der Waals surface area (Å²) in [6, 6.07) is 17.5. The number of benzene rings is 2. The van der Waals surface area contributed by atoms with E-state index in [4.69, 9.17) is 0 Å². The molecule has 0 saturated carbocycles. The van der Waals surface area contributed by atoms with Crippen molar-refractivity contribution in [2.75, 3.05) is 16.4 Å². The third-order valence-electron chi connectivity index (χ3n) is 3.76. The molecule has 144 valence electrons. The number of aryl methyl sites for hydroxylation is 2. The highest BCUT2D eigenvalue weighted by Crippen LogP contribution is 2.25. The fraction of sp³-hybridized carbons (Fsp3) is 0.200. The number of thioether (sulfide) groups is 1. The van der Waals surface area contributed by atoms with Gasteiger partial charge in [-0.2, -0.15) is 0 Å². The van der Waals surface area contributed by atoms with Gasteiger partial charge in [0.25, 0.3) is 0 Å². The number of rotatable bonds is 8. The minimum atomic E-state index is -0.112. The first-order chi connectivity index (χ1) is 13.6. The Morgan fingerprint density at radius 2 is 1.82 bits per heavy atom. The van der Waals surface area contributed by atoms with Crippen LogP contribution in [-0.2, 0) is 16.0 Å². The van der Waals surface area contributed by atoms with Crippen molar-refractivity contribution < 1.29 is 9.59 Å². The molecule has 0 spiro atoms. The zero-order valence-corrected chi connectivity index (χ0v) is 17.0. The molecule has 2 N–H and O–H groups in total. The number of carbonyl (C=O) groups excluding carboxylic acids is 2. The van der Waals surface area contributed by atoms with Crippen molar-refractivity contribution in [2.45, 2.75) is 24.1 Å². The highest BCUT2D eigenvalue weighted by molar-refractivity contribution is 8.01. The summed E-state index contributed by atoms with van der Waals surface area (Å²) in [6.07, 6.45) is 1.05. The van der Waals surface area contributed by atoms with Crippen LogP contribution in [0.3, 0.4) is 0 Å². The van der Waals surface area contributed by atoms with Gasteiger partial charge in [-0.25, -0.2) is 0 Å². The molecule has 28 heavy (non-hydrogen) atoms. The zero-order valence-electron chi connectivity index (χ0n) is 15.3. The largest absolute Gasteiger partial charge is 0.325 e. The maximum Gasteiger partial charge on any atom is 0.234 e. The van der Waals surface area contributed by atoms with Gasteiger partial charge in [-0.3, -0.25) is 9.59 Å². The molecule has 0 radical (unpaired) electrons. The quantitative estimate of drug-likeness (QED) is 0.429. The van der Waals surface area contributed by atoms with Gasteiger partial charge in [0.2, 0.25) is 16.9 Å². The van der Waals surface area contributed by atoms with Gasteiger partial charge in [-0.15, -0.1) is 10.2 Å². The van der Waals surface area contributed by atoms with E-state index in [2.05, 4.69) is 20.8 Å². The lowest BCUT2D eigenvalue weighted by Crippen LogP contribution is -2.13. The third kappa shape index (κ3) is 6.47. The summed E-state index contributed by atoms with van der Waals surface area (Å²) < 4.78 is 0.637. The van der Waals surface area contributed by atoms with Crippen LogP contribution in [0.4, 0.5) is 10.8 Å². The van der Waals surface area contributed by atoms with Gasteiger partial charge in [0.05, 0.1) is 5.75 Å². The maximum absolute atomic E-state index is 12.1. The molecule has 2 aromatic carbocycles. The standard InChI is InChI=1S/C20H20N4O2S2/c1-14-6-5-9-16(12-14)21-18(26)13-27-20-24-23-19(28-20)22-17(25)11-10-15-7-3-2-4-8-15/h2-9,12H,10-11,13H2,1H3,(H,21,26)(H,22,23,25). The Hall–Kier alpha value is -2.71. The molecule has 0 aliphatic rings. The summed E-state index contributed by atoms with van der Waals surface area (Å²) in [5.74, 6) is 0.0119.